The Hall–Kier alpha value is -1.90. The minimum atomic E-state index is -0.150. The molecule has 1 amide bonds. The Balaban J connectivity index is 2.59. The zero-order chi connectivity index (χ0) is 12.7. The van der Waals surface area contributed by atoms with Crippen LogP contribution in [-0.2, 0) is 9.53 Å². The molecule has 1 aromatic rings. The largest absolute Gasteiger partial charge is 0.370 e. The highest BCUT2D eigenvalue weighted by Gasteiger charge is 2.10. The average Bonchev–Trinajstić information content (AvgIpc) is 2.38. The van der Waals surface area contributed by atoms with Crippen molar-refractivity contribution in [2.75, 3.05) is 31.7 Å². The minimum absolute atomic E-state index is 0.00764. The number of carbonyl (C=O) groups excluding carboxylic acids is 1. The zero-order valence-corrected chi connectivity index (χ0v) is 9.72. The first-order chi connectivity index (χ1) is 8.19. The van der Waals surface area contributed by atoms with E-state index in [9.17, 15) is 4.79 Å². The van der Waals surface area contributed by atoms with Crippen molar-refractivity contribution in [1.82, 2.24) is 0 Å². The lowest BCUT2D eigenvalue weighted by Gasteiger charge is -2.17. The van der Waals surface area contributed by atoms with Crippen LogP contribution in [0.15, 0.2) is 24.3 Å². The van der Waals surface area contributed by atoms with Gasteiger partial charge >= 0.3 is 0 Å². The molecule has 90 valence electrons. The number of hydrogen-bond acceptors (Lipinski definition) is 4. The van der Waals surface area contributed by atoms with Gasteiger partial charge in [0, 0.05) is 19.3 Å². The molecular formula is C12H15N3O2. The van der Waals surface area contributed by atoms with Gasteiger partial charge in [-0.05, 0) is 24.3 Å². The van der Waals surface area contributed by atoms with Crippen molar-refractivity contribution < 1.29 is 9.53 Å². The molecule has 0 saturated heterocycles. The molecule has 1 rings (SSSR count). The Morgan fingerprint density at radius 3 is 2.65 bits per heavy atom. The molecule has 0 bridgehead atoms. The molecule has 0 unspecified atom stereocenters. The Morgan fingerprint density at radius 1 is 1.47 bits per heavy atom. The predicted molar refractivity (Wildman–Crippen MR) is 64.4 cm³/mol. The summed E-state index contributed by atoms with van der Waals surface area (Å²) in [5.74, 6) is -0.150. The number of anilines is 1. The second kappa shape index (κ2) is 6.63. The van der Waals surface area contributed by atoms with Gasteiger partial charge in [-0.2, -0.15) is 5.26 Å². The van der Waals surface area contributed by atoms with Crippen molar-refractivity contribution in [3.05, 3.63) is 29.8 Å². The number of likely N-dealkylation sites (N-methyl/N-ethyl adjacent to an activating group) is 1. The summed E-state index contributed by atoms with van der Waals surface area (Å²) < 4.78 is 5.06. The molecule has 1 aromatic carbocycles. The van der Waals surface area contributed by atoms with E-state index in [1.807, 2.05) is 6.07 Å². The smallest absolute Gasteiger partial charge is 0.252 e. The predicted octanol–water partition coefficient (Wildman–Crippen LogP) is 0.496. The maximum absolute atomic E-state index is 11.7. The number of nitrogens with zero attached hydrogens (tertiary/aromatic N) is 2. The second-order valence-electron chi connectivity index (χ2n) is 3.45. The van der Waals surface area contributed by atoms with Gasteiger partial charge in [-0.15, -0.1) is 0 Å². The minimum Gasteiger partial charge on any atom is -0.370 e. The van der Waals surface area contributed by atoms with Gasteiger partial charge < -0.3 is 15.4 Å². The van der Waals surface area contributed by atoms with E-state index in [-0.39, 0.29) is 12.5 Å². The number of nitrogens with two attached hydrogens (primary N) is 1. The summed E-state index contributed by atoms with van der Waals surface area (Å²) in [5, 5.41) is 8.66. The van der Waals surface area contributed by atoms with Crippen molar-refractivity contribution in [2.24, 2.45) is 5.73 Å². The topological polar surface area (TPSA) is 79.3 Å². The molecule has 5 nitrogen and oxygen atoms in total. The lowest BCUT2D eigenvalue weighted by atomic mass is 10.2. The van der Waals surface area contributed by atoms with Gasteiger partial charge in [0.1, 0.15) is 6.61 Å². The number of rotatable bonds is 5. The van der Waals surface area contributed by atoms with Crippen molar-refractivity contribution in [2.45, 2.75) is 0 Å². The molecule has 0 aliphatic rings. The van der Waals surface area contributed by atoms with Gasteiger partial charge in [-0.25, -0.2) is 0 Å². The van der Waals surface area contributed by atoms with Crippen LogP contribution in [0.3, 0.4) is 0 Å². The highest BCUT2D eigenvalue weighted by Crippen LogP contribution is 2.13. The SMILES string of the molecule is CN(C(=O)COCCN)c1ccc(C#N)cc1. The van der Waals surface area contributed by atoms with E-state index >= 15 is 0 Å². The Labute approximate surface area is 100 Å². The van der Waals surface area contributed by atoms with Crippen LogP contribution in [0.4, 0.5) is 5.69 Å². The summed E-state index contributed by atoms with van der Waals surface area (Å²) in [5.41, 5.74) is 6.54. The lowest BCUT2D eigenvalue weighted by Crippen LogP contribution is -2.30. The van der Waals surface area contributed by atoms with Crippen molar-refractivity contribution >= 4 is 11.6 Å². The van der Waals surface area contributed by atoms with E-state index in [4.69, 9.17) is 15.7 Å². The average molecular weight is 233 g/mol. The normalized spacial score (nSPS) is 9.71. The summed E-state index contributed by atoms with van der Waals surface area (Å²) in [7, 11) is 1.66. The van der Waals surface area contributed by atoms with E-state index in [1.54, 1.807) is 31.3 Å². The number of ether oxygens (including phenoxy) is 1. The van der Waals surface area contributed by atoms with Crippen LogP contribution in [0, 0.1) is 11.3 Å². The molecule has 0 atom stereocenters. The third-order valence-corrected chi connectivity index (χ3v) is 2.25. The Morgan fingerprint density at radius 2 is 2.12 bits per heavy atom. The summed E-state index contributed by atoms with van der Waals surface area (Å²) >= 11 is 0. The molecule has 0 spiro atoms. The van der Waals surface area contributed by atoms with Crippen molar-refractivity contribution in [1.29, 1.82) is 5.26 Å². The molecule has 0 fully saturated rings. The highest BCUT2D eigenvalue weighted by molar-refractivity contribution is 5.93. The first-order valence-corrected chi connectivity index (χ1v) is 5.23. The van der Waals surface area contributed by atoms with Crippen LogP contribution in [0.1, 0.15) is 5.56 Å². The third kappa shape index (κ3) is 3.87. The number of benzene rings is 1. The summed E-state index contributed by atoms with van der Waals surface area (Å²) in [6.07, 6.45) is 0. The fourth-order valence-corrected chi connectivity index (χ4v) is 1.24. The quantitative estimate of drug-likeness (QED) is 0.751. The van der Waals surface area contributed by atoms with Crippen LogP contribution in [-0.4, -0.2) is 32.7 Å². The van der Waals surface area contributed by atoms with Crippen LogP contribution >= 0.6 is 0 Å². The molecule has 0 heterocycles. The van der Waals surface area contributed by atoms with E-state index < -0.39 is 0 Å². The van der Waals surface area contributed by atoms with Gasteiger partial charge in [0.15, 0.2) is 0 Å². The van der Waals surface area contributed by atoms with E-state index in [1.165, 1.54) is 4.90 Å². The van der Waals surface area contributed by atoms with Gasteiger partial charge in [0.05, 0.1) is 18.2 Å². The molecule has 17 heavy (non-hydrogen) atoms. The molecule has 0 aromatic heterocycles. The number of carbonyl (C=O) groups is 1. The Bertz CT molecular complexity index is 409. The van der Waals surface area contributed by atoms with Crippen LogP contribution in [0.2, 0.25) is 0 Å². The standard InChI is InChI=1S/C12H15N3O2/c1-15(12(16)9-17-7-6-13)11-4-2-10(8-14)3-5-11/h2-5H,6-7,9,13H2,1H3. The van der Waals surface area contributed by atoms with Crippen LogP contribution in [0.25, 0.3) is 0 Å². The van der Waals surface area contributed by atoms with E-state index in [0.717, 1.165) is 5.69 Å². The van der Waals surface area contributed by atoms with Crippen LogP contribution < -0.4 is 10.6 Å². The van der Waals surface area contributed by atoms with Gasteiger partial charge in [0.25, 0.3) is 5.91 Å². The molecule has 5 heteroatoms. The molecule has 0 aliphatic heterocycles. The zero-order valence-electron chi connectivity index (χ0n) is 9.72. The van der Waals surface area contributed by atoms with Gasteiger partial charge in [-0.3, -0.25) is 4.79 Å². The number of amides is 1. The van der Waals surface area contributed by atoms with E-state index in [0.29, 0.717) is 18.7 Å². The van der Waals surface area contributed by atoms with Crippen molar-refractivity contribution in [3.8, 4) is 6.07 Å². The first kappa shape index (κ1) is 13.2. The fraction of sp³-hybridized carbons (Fsp3) is 0.333. The summed E-state index contributed by atoms with van der Waals surface area (Å²) in [6, 6.07) is 8.80. The maximum Gasteiger partial charge on any atom is 0.252 e. The fourth-order valence-electron chi connectivity index (χ4n) is 1.24. The monoisotopic (exact) mass is 233 g/mol. The van der Waals surface area contributed by atoms with Crippen LogP contribution in [0.5, 0.6) is 0 Å². The van der Waals surface area contributed by atoms with Crippen molar-refractivity contribution in [3.63, 3.8) is 0 Å². The summed E-state index contributed by atoms with van der Waals surface area (Å²) in [4.78, 5) is 13.2. The number of hydrogen-bond donors (Lipinski definition) is 1. The summed E-state index contributed by atoms with van der Waals surface area (Å²) in [6.45, 7) is 0.772. The third-order valence-electron chi connectivity index (χ3n) is 2.25. The molecule has 2 N–H and O–H groups in total. The maximum atomic E-state index is 11.7. The molecule has 0 saturated carbocycles. The van der Waals surface area contributed by atoms with Gasteiger partial charge in [-0.1, -0.05) is 0 Å². The first-order valence-electron chi connectivity index (χ1n) is 5.23. The molecule has 0 aliphatic carbocycles. The van der Waals surface area contributed by atoms with Gasteiger partial charge in [0.2, 0.25) is 0 Å². The van der Waals surface area contributed by atoms with E-state index in [2.05, 4.69) is 0 Å². The molecular weight excluding hydrogens is 218 g/mol. The second-order valence-corrected chi connectivity index (χ2v) is 3.45. The Kier molecular flexibility index (Phi) is 5.14. The lowest BCUT2D eigenvalue weighted by molar-refractivity contribution is -0.122. The highest BCUT2D eigenvalue weighted by atomic mass is 16.5. The molecule has 0 radical (unpaired) electrons. The number of nitriles is 1.